The predicted molar refractivity (Wildman–Crippen MR) is 134 cm³/mol. The lowest BCUT2D eigenvalue weighted by Crippen LogP contribution is -2.37. The van der Waals surface area contributed by atoms with Crippen molar-refractivity contribution >= 4 is 34.4 Å². The number of para-hydroxylation sites is 1. The van der Waals surface area contributed by atoms with Gasteiger partial charge >= 0.3 is 11.9 Å². The van der Waals surface area contributed by atoms with Gasteiger partial charge in [-0.25, -0.2) is 4.79 Å². The summed E-state index contributed by atoms with van der Waals surface area (Å²) in [6, 6.07) is 16.7. The Morgan fingerprint density at radius 3 is 2.41 bits per heavy atom. The largest absolute Gasteiger partial charge is 0.483 e. The number of carbonyl (C=O) groups excluding carboxylic acids is 2. The second kappa shape index (κ2) is 10.9. The Morgan fingerprint density at radius 2 is 1.68 bits per heavy atom. The molecule has 3 aromatic rings. The first-order valence-corrected chi connectivity index (χ1v) is 12.6. The van der Waals surface area contributed by atoms with Crippen LogP contribution in [0.5, 0.6) is 5.75 Å². The van der Waals surface area contributed by atoms with Gasteiger partial charge in [-0.1, -0.05) is 42.5 Å². The number of esters is 2. The van der Waals surface area contributed by atoms with E-state index in [0.29, 0.717) is 10.9 Å². The first-order chi connectivity index (χ1) is 18.0. The lowest BCUT2D eigenvalue weighted by Gasteiger charge is -2.22. The van der Waals surface area contributed by atoms with Crippen molar-refractivity contribution in [1.82, 2.24) is 4.57 Å². The van der Waals surface area contributed by atoms with Crippen LogP contribution in [0.25, 0.3) is 10.9 Å². The number of rotatable bonds is 8. The highest BCUT2D eigenvalue weighted by Gasteiger charge is 2.51. The van der Waals surface area contributed by atoms with Gasteiger partial charge in [0.25, 0.3) is 5.56 Å². The topological polar surface area (TPSA) is 102 Å². The normalized spacial score (nSPS) is 22.5. The quantitative estimate of drug-likeness (QED) is 0.325. The molecule has 2 aromatic carbocycles. The number of hydrogen-bond acceptors (Lipinski definition) is 8. The van der Waals surface area contributed by atoms with E-state index < -0.39 is 41.9 Å². The zero-order valence-corrected chi connectivity index (χ0v) is 20.9. The molecule has 0 spiro atoms. The Balaban J connectivity index is 1.55. The first kappa shape index (κ1) is 25.3. The summed E-state index contributed by atoms with van der Waals surface area (Å²) >= 11 is 5.56. The molecule has 1 aromatic heterocycles. The molecule has 2 aliphatic rings. The number of carbonyl (C=O) groups is 2. The van der Waals surface area contributed by atoms with Crippen molar-refractivity contribution < 1.29 is 33.3 Å². The van der Waals surface area contributed by atoms with Gasteiger partial charge in [0.2, 0.25) is 0 Å². The summed E-state index contributed by atoms with van der Waals surface area (Å²) in [5, 5.41) is 0.577. The van der Waals surface area contributed by atoms with E-state index >= 15 is 0 Å². The summed E-state index contributed by atoms with van der Waals surface area (Å²) in [5.41, 5.74) is 0.800. The van der Waals surface area contributed by atoms with E-state index in [1.807, 2.05) is 48.5 Å². The van der Waals surface area contributed by atoms with Crippen LogP contribution in [0.2, 0.25) is 0 Å². The number of hydrogen-bond donors (Lipinski definition) is 0. The van der Waals surface area contributed by atoms with Gasteiger partial charge in [-0.2, -0.15) is 0 Å². The van der Waals surface area contributed by atoms with Crippen molar-refractivity contribution in [2.24, 2.45) is 0 Å². The van der Waals surface area contributed by atoms with Gasteiger partial charge in [-0.15, -0.1) is 11.6 Å². The standard InChI is InChI=1S/C27H26ClNO8/c1-2-33-27(32)22-23(37-20-15-35-24-19(14-34-25(20)24)36-21(30)12-28)17-10-6-7-11-18(17)29(26(22)31)13-16-8-4-3-5-9-16/h3-11,19-20,24-25H,2,12-15H2,1H3/t19-,20-,24+,25+/m0/s1. The summed E-state index contributed by atoms with van der Waals surface area (Å²) in [5.74, 6) is -1.50. The minimum atomic E-state index is -0.771. The molecular formula is C27H26ClNO8. The van der Waals surface area contributed by atoms with E-state index in [4.69, 9.17) is 35.3 Å². The highest BCUT2D eigenvalue weighted by molar-refractivity contribution is 6.26. The predicted octanol–water partition coefficient (Wildman–Crippen LogP) is 2.92. The van der Waals surface area contributed by atoms with Crippen molar-refractivity contribution in [1.29, 1.82) is 0 Å². The van der Waals surface area contributed by atoms with E-state index in [1.54, 1.807) is 17.6 Å². The summed E-state index contributed by atoms with van der Waals surface area (Å²) in [7, 11) is 0. The molecule has 0 bridgehead atoms. The summed E-state index contributed by atoms with van der Waals surface area (Å²) < 4.78 is 30.2. The molecular weight excluding hydrogens is 502 g/mol. The smallest absolute Gasteiger partial charge is 0.347 e. The highest BCUT2D eigenvalue weighted by Crippen LogP contribution is 2.35. The van der Waals surface area contributed by atoms with Crippen LogP contribution in [0.15, 0.2) is 59.4 Å². The SMILES string of the molecule is CCOC(=O)c1c(O[C@H]2CO[C@H]3[C@@H]2OC[C@@H]3OC(=O)CCl)c2ccccc2n(Cc2ccccc2)c1=O. The fourth-order valence-corrected chi connectivity index (χ4v) is 4.85. The fourth-order valence-electron chi connectivity index (χ4n) is 4.79. The number of nitrogens with zero attached hydrogens (tertiary/aromatic N) is 1. The minimum Gasteiger partial charge on any atom is -0.483 e. The van der Waals surface area contributed by atoms with Crippen molar-refractivity contribution in [3.05, 3.63) is 76.1 Å². The van der Waals surface area contributed by atoms with Gasteiger partial charge in [0, 0.05) is 5.39 Å². The van der Waals surface area contributed by atoms with Gasteiger partial charge in [-0.05, 0) is 24.6 Å². The number of benzene rings is 2. The zero-order valence-electron chi connectivity index (χ0n) is 20.1. The van der Waals surface area contributed by atoms with Crippen LogP contribution in [-0.4, -0.2) is 66.6 Å². The molecule has 4 atom stereocenters. The molecule has 0 saturated carbocycles. The second-order valence-corrected chi connectivity index (χ2v) is 9.00. The third-order valence-corrected chi connectivity index (χ3v) is 6.63. The average Bonchev–Trinajstić information content (AvgIpc) is 3.50. The van der Waals surface area contributed by atoms with Gasteiger partial charge in [-0.3, -0.25) is 9.59 Å². The Morgan fingerprint density at radius 1 is 1.00 bits per heavy atom. The molecule has 3 heterocycles. The number of aromatic nitrogens is 1. The molecule has 2 saturated heterocycles. The van der Waals surface area contributed by atoms with E-state index in [0.717, 1.165) is 5.56 Å². The van der Waals surface area contributed by atoms with Crippen LogP contribution in [0, 0.1) is 0 Å². The van der Waals surface area contributed by atoms with E-state index in [1.165, 1.54) is 0 Å². The van der Waals surface area contributed by atoms with Crippen LogP contribution in [0.3, 0.4) is 0 Å². The highest BCUT2D eigenvalue weighted by atomic mass is 35.5. The fraction of sp³-hybridized carbons (Fsp3) is 0.370. The average molecular weight is 528 g/mol. The third kappa shape index (κ3) is 4.94. The van der Waals surface area contributed by atoms with Crippen molar-refractivity contribution in [2.45, 2.75) is 37.9 Å². The van der Waals surface area contributed by atoms with Crippen LogP contribution in [-0.2, 0) is 30.3 Å². The number of ether oxygens (including phenoxy) is 5. The molecule has 5 rings (SSSR count). The number of fused-ring (bicyclic) bond motifs is 2. The summed E-state index contributed by atoms with van der Waals surface area (Å²) in [6.07, 6.45) is -2.38. The van der Waals surface area contributed by atoms with E-state index in [9.17, 15) is 14.4 Å². The summed E-state index contributed by atoms with van der Waals surface area (Å²) in [6.45, 7) is 2.28. The van der Waals surface area contributed by atoms with Gasteiger partial charge in [0.05, 0.1) is 31.9 Å². The molecule has 0 aliphatic carbocycles. The lowest BCUT2D eigenvalue weighted by molar-refractivity contribution is -0.150. The van der Waals surface area contributed by atoms with Crippen LogP contribution >= 0.6 is 11.6 Å². The molecule has 194 valence electrons. The number of alkyl halides is 1. The minimum absolute atomic E-state index is 0.0944. The van der Waals surface area contributed by atoms with E-state index in [2.05, 4.69) is 0 Å². The van der Waals surface area contributed by atoms with Crippen molar-refractivity contribution in [3.63, 3.8) is 0 Å². The van der Waals surface area contributed by atoms with Crippen LogP contribution < -0.4 is 10.3 Å². The maximum absolute atomic E-state index is 13.8. The second-order valence-electron chi connectivity index (χ2n) is 8.73. The van der Waals surface area contributed by atoms with Gasteiger partial charge in [0.1, 0.15) is 23.8 Å². The first-order valence-electron chi connectivity index (χ1n) is 12.0. The Bertz CT molecular complexity index is 1360. The van der Waals surface area contributed by atoms with Crippen LogP contribution in [0.4, 0.5) is 0 Å². The molecule has 10 heteroatoms. The molecule has 2 aliphatic heterocycles. The number of halogens is 1. The molecule has 0 amide bonds. The molecule has 0 unspecified atom stereocenters. The third-order valence-electron chi connectivity index (χ3n) is 6.41. The van der Waals surface area contributed by atoms with Crippen LogP contribution in [0.1, 0.15) is 22.8 Å². The maximum atomic E-state index is 13.8. The molecule has 37 heavy (non-hydrogen) atoms. The Hall–Kier alpha value is -3.40. The maximum Gasteiger partial charge on any atom is 0.347 e. The van der Waals surface area contributed by atoms with Gasteiger partial charge in [0.15, 0.2) is 17.8 Å². The molecule has 0 radical (unpaired) electrons. The van der Waals surface area contributed by atoms with Crippen molar-refractivity contribution in [3.8, 4) is 5.75 Å². The lowest BCUT2D eigenvalue weighted by atomic mass is 10.1. The van der Waals surface area contributed by atoms with Gasteiger partial charge < -0.3 is 28.3 Å². The van der Waals surface area contributed by atoms with Crippen molar-refractivity contribution in [2.75, 3.05) is 25.7 Å². The zero-order chi connectivity index (χ0) is 25.9. The number of pyridine rings is 1. The molecule has 2 fully saturated rings. The van der Waals surface area contributed by atoms with E-state index in [-0.39, 0.29) is 43.6 Å². The molecule has 0 N–H and O–H groups in total. The Labute approximate surface area is 217 Å². The molecule has 9 nitrogen and oxygen atoms in total. The monoisotopic (exact) mass is 527 g/mol. The summed E-state index contributed by atoms with van der Waals surface area (Å²) in [4.78, 5) is 38.5. The Kier molecular flexibility index (Phi) is 7.45.